The first-order chi connectivity index (χ1) is 27.1. The maximum atomic E-state index is 14.4. The quantitative estimate of drug-likeness (QED) is 0.0738. The summed E-state index contributed by atoms with van der Waals surface area (Å²) >= 11 is 0. The van der Waals surface area contributed by atoms with Crippen molar-refractivity contribution in [2.75, 3.05) is 0 Å². The lowest BCUT2D eigenvalue weighted by molar-refractivity contribution is -0.213. The molecular weight excluding hydrogens is 773 g/mol. The summed E-state index contributed by atoms with van der Waals surface area (Å²) in [5.74, 6) is -3.49. The Bertz CT molecular complexity index is 1700. The van der Waals surface area contributed by atoms with Crippen LogP contribution in [-0.4, -0.2) is 87.8 Å². The zero-order valence-electron chi connectivity index (χ0n) is 37.3. The van der Waals surface area contributed by atoms with Crippen LogP contribution in [0.5, 0.6) is 0 Å². The molecule has 9 atom stereocenters. The Morgan fingerprint density at radius 2 is 1.22 bits per heavy atom. The van der Waals surface area contributed by atoms with E-state index < -0.39 is 99.5 Å². The van der Waals surface area contributed by atoms with E-state index in [1.165, 1.54) is 20.8 Å². The summed E-state index contributed by atoms with van der Waals surface area (Å²) in [6, 6.07) is 13.6. The minimum Gasteiger partial charge on any atom is -0.462 e. The smallest absolute Gasteiger partial charge is 0.338 e. The minimum absolute atomic E-state index is 0.164. The normalized spacial score (nSPS) is 30.2. The van der Waals surface area contributed by atoms with Crippen LogP contribution in [-0.2, 0) is 42.2 Å². The maximum Gasteiger partial charge on any atom is 0.338 e. The second-order valence-corrected chi connectivity index (χ2v) is 27.0. The third-order valence-corrected chi connectivity index (χ3v) is 23.6. The van der Waals surface area contributed by atoms with E-state index in [9.17, 15) is 24.3 Å². The Morgan fingerprint density at radius 1 is 0.759 bits per heavy atom. The van der Waals surface area contributed by atoms with Crippen LogP contribution in [0.25, 0.3) is 0 Å². The van der Waals surface area contributed by atoms with E-state index in [0.29, 0.717) is 16.7 Å². The number of hydrogen-bond donors (Lipinski definition) is 1. The lowest BCUT2D eigenvalue weighted by Crippen LogP contribution is -2.64. The van der Waals surface area contributed by atoms with Crippen molar-refractivity contribution in [2.24, 2.45) is 16.7 Å². The first kappa shape index (κ1) is 47.6. The van der Waals surface area contributed by atoms with E-state index in [1.54, 1.807) is 44.2 Å². The summed E-state index contributed by atoms with van der Waals surface area (Å²) in [5.41, 5.74) is -2.65. The van der Waals surface area contributed by atoms with Crippen molar-refractivity contribution < 1.29 is 52.1 Å². The van der Waals surface area contributed by atoms with Gasteiger partial charge in [0.2, 0.25) is 0 Å². The highest BCUT2D eigenvalue weighted by Gasteiger charge is 2.74. The molecule has 1 N–H and O–H groups in total. The van der Waals surface area contributed by atoms with Crippen LogP contribution in [0.1, 0.15) is 113 Å². The molecule has 0 aromatic heterocycles. The average molecular weight is 843 g/mol. The SMILES string of the molecule is C=C1[C@@H](O[Si](CC)(CC)CC)C[C@H](OC(C)=O)[C@@]2(C)[C@@H](OC(C)=O)[C@H](OC(=O)c3ccccc3)C3=C(C)[C@@H](O[Si](CC)(CC)CC)C[C@@]3(C(C)(C)O)[C@@H](OC(C)=O)[C@H]12. The Kier molecular flexibility index (Phi) is 15.0. The number of hydrogen-bond acceptors (Lipinski definition) is 11. The first-order valence-corrected chi connectivity index (χ1v) is 26.4. The molecule has 1 aromatic carbocycles. The molecule has 58 heavy (non-hydrogen) atoms. The monoisotopic (exact) mass is 842 g/mol. The van der Waals surface area contributed by atoms with Gasteiger partial charge in [0.05, 0.1) is 34.2 Å². The van der Waals surface area contributed by atoms with Crippen LogP contribution in [0.2, 0.25) is 36.3 Å². The van der Waals surface area contributed by atoms with Gasteiger partial charge in [-0.3, -0.25) is 14.4 Å². The van der Waals surface area contributed by atoms with E-state index in [-0.39, 0.29) is 18.4 Å². The Morgan fingerprint density at radius 3 is 1.67 bits per heavy atom. The highest BCUT2D eigenvalue weighted by Crippen LogP contribution is 2.67. The topological polar surface area (TPSA) is 144 Å². The van der Waals surface area contributed by atoms with Crippen molar-refractivity contribution >= 4 is 40.5 Å². The number of esters is 4. The predicted octanol–water partition coefficient (Wildman–Crippen LogP) is 8.86. The van der Waals surface area contributed by atoms with Gasteiger partial charge in [0.15, 0.2) is 28.8 Å². The predicted molar refractivity (Wildman–Crippen MR) is 228 cm³/mol. The second-order valence-electron chi connectivity index (χ2n) is 17.5. The van der Waals surface area contributed by atoms with Crippen LogP contribution in [0.4, 0.5) is 0 Å². The molecule has 0 aliphatic heterocycles. The largest absolute Gasteiger partial charge is 0.462 e. The third kappa shape index (κ3) is 8.57. The molecule has 0 spiro atoms. The number of fused-ring (bicyclic) bond motifs is 2. The maximum absolute atomic E-state index is 14.4. The van der Waals surface area contributed by atoms with Gasteiger partial charge in [0, 0.05) is 33.1 Å². The van der Waals surface area contributed by atoms with E-state index >= 15 is 0 Å². The van der Waals surface area contributed by atoms with Crippen LogP contribution in [0.15, 0.2) is 53.6 Å². The van der Waals surface area contributed by atoms with Gasteiger partial charge in [0.1, 0.15) is 12.2 Å². The van der Waals surface area contributed by atoms with Gasteiger partial charge in [0.25, 0.3) is 0 Å². The standard InChI is InChI=1S/C45H70O11Si2/c1-15-57(16-2,17-3)55-34-26-36(51-30(9)46)44(14)38(28(34)7)40(52-31(10)47)45(43(12,13)50)27-35(56-58(18-4,19-5)20-6)29(8)37(45)39(41(44)53-32(11)48)54-42(49)33-24-22-21-23-25-33/h21-25,34-36,38-41,50H,7,15-20,26-27H2,1-6,8-14H3/t34-,35-,36-,38-,39+,40-,41-,44+,45-/m0/s1. The molecule has 11 nitrogen and oxygen atoms in total. The van der Waals surface area contributed by atoms with Crippen LogP contribution >= 0.6 is 0 Å². The molecule has 3 aliphatic carbocycles. The van der Waals surface area contributed by atoms with Crippen molar-refractivity contribution in [3.63, 3.8) is 0 Å². The molecule has 1 aromatic rings. The minimum atomic E-state index is -2.36. The molecular formula is C45H70O11Si2. The van der Waals surface area contributed by atoms with Gasteiger partial charge in [-0.05, 0) is 92.3 Å². The summed E-state index contributed by atoms with van der Waals surface area (Å²) in [6.07, 6.45) is -5.77. The number of carbonyl (C=O) groups is 4. The number of benzene rings is 1. The van der Waals surface area contributed by atoms with Gasteiger partial charge in [-0.15, -0.1) is 0 Å². The van der Waals surface area contributed by atoms with Crippen LogP contribution in [0, 0.1) is 16.7 Å². The van der Waals surface area contributed by atoms with Gasteiger partial charge in [-0.25, -0.2) is 4.79 Å². The van der Waals surface area contributed by atoms with E-state index in [2.05, 4.69) is 41.5 Å². The molecule has 2 fully saturated rings. The molecule has 0 heterocycles. The van der Waals surface area contributed by atoms with Gasteiger partial charge in [-0.2, -0.15) is 0 Å². The van der Waals surface area contributed by atoms with Gasteiger partial charge >= 0.3 is 23.9 Å². The number of aliphatic hydroxyl groups is 1. The molecule has 0 bridgehead atoms. The van der Waals surface area contributed by atoms with Crippen LogP contribution < -0.4 is 0 Å². The summed E-state index contributed by atoms with van der Waals surface area (Å²) in [5, 5.41) is 12.9. The fourth-order valence-corrected chi connectivity index (χ4v) is 16.3. The lowest BCUT2D eigenvalue weighted by Gasteiger charge is -2.57. The number of carbonyl (C=O) groups excluding carboxylic acids is 4. The Hall–Kier alpha value is -3.11. The van der Waals surface area contributed by atoms with Gasteiger partial charge in [-0.1, -0.05) is 73.2 Å². The lowest BCUT2D eigenvalue weighted by atomic mass is 9.54. The molecule has 0 radical (unpaired) electrons. The highest BCUT2D eigenvalue weighted by molar-refractivity contribution is 6.74. The van der Waals surface area contributed by atoms with Crippen molar-refractivity contribution in [3.8, 4) is 0 Å². The average Bonchev–Trinajstić information content (AvgIpc) is 3.43. The first-order valence-electron chi connectivity index (χ1n) is 21.4. The summed E-state index contributed by atoms with van der Waals surface area (Å²) in [4.78, 5) is 54.8. The molecule has 13 heteroatoms. The van der Waals surface area contributed by atoms with E-state index in [4.69, 9.17) is 34.4 Å². The second kappa shape index (κ2) is 18.3. The molecule has 2 saturated carbocycles. The molecule has 0 saturated heterocycles. The molecule has 0 amide bonds. The molecule has 3 aliphatic rings. The molecule has 0 unspecified atom stereocenters. The number of rotatable bonds is 16. The Labute approximate surface area is 348 Å². The van der Waals surface area contributed by atoms with Crippen molar-refractivity contribution in [1.29, 1.82) is 0 Å². The summed E-state index contributed by atoms with van der Waals surface area (Å²) < 4.78 is 40.5. The Balaban J connectivity index is 2.23. The van der Waals surface area contributed by atoms with E-state index in [1.807, 2.05) is 13.8 Å². The van der Waals surface area contributed by atoms with Crippen molar-refractivity contribution in [1.82, 2.24) is 0 Å². The van der Waals surface area contributed by atoms with Crippen LogP contribution in [0.3, 0.4) is 0 Å². The zero-order chi connectivity index (χ0) is 43.6. The fourth-order valence-electron chi connectivity index (χ4n) is 10.6. The van der Waals surface area contributed by atoms with Crippen molar-refractivity contribution in [3.05, 3.63) is 59.2 Å². The van der Waals surface area contributed by atoms with Crippen molar-refractivity contribution in [2.45, 2.75) is 181 Å². The summed E-state index contributed by atoms with van der Waals surface area (Å²) in [7, 11) is -4.71. The van der Waals surface area contributed by atoms with E-state index in [0.717, 1.165) is 36.3 Å². The highest BCUT2D eigenvalue weighted by atomic mass is 28.4. The fraction of sp³-hybridized carbons (Fsp3) is 0.689. The molecule has 324 valence electrons. The number of ether oxygens (including phenoxy) is 4. The third-order valence-electron chi connectivity index (χ3n) is 14.3. The zero-order valence-corrected chi connectivity index (χ0v) is 39.3. The van der Waals surface area contributed by atoms with Gasteiger partial charge < -0.3 is 32.9 Å². The molecule has 4 rings (SSSR count). The summed E-state index contributed by atoms with van der Waals surface area (Å²) in [6.45, 7) is 28.6.